The summed E-state index contributed by atoms with van der Waals surface area (Å²) in [6, 6.07) is 50.4. The first kappa shape index (κ1) is 23.5. The molecule has 0 aliphatic carbocycles. The van der Waals surface area contributed by atoms with Gasteiger partial charge < -0.3 is 4.57 Å². The van der Waals surface area contributed by atoms with Crippen molar-refractivity contribution in [3.05, 3.63) is 146 Å². The van der Waals surface area contributed by atoms with E-state index in [4.69, 9.17) is 4.98 Å². The molecule has 3 heterocycles. The number of aromatic nitrogens is 2. The van der Waals surface area contributed by atoms with E-state index in [-0.39, 0.29) is 0 Å². The molecule has 42 heavy (non-hydrogen) atoms. The van der Waals surface area contributed by atoms with Crippen molar-refractivity contribution >= 4 is 64.1 Å². The minimum absolute atomic E-state index is 1.02. The number of hydrogen-bond donors (Lipinski definition) is 0. The number of benzene rings is 6. The molecule has 0 saturated carbocycles. The molecule has 3 heteroatoms. The van der Waals surface area contributed by atoms with Crippen LogP contribution in [0.2, 0.25) is 0 Å². The smallest absolute Gasteiger partial charge is 0.0780 e. The highest BCUT2D eigenvalue weighted by Crippen LogP contribution is 2.43. The molecule has 0 fully saturated rings. The van der Waals surface area contributed by atoms with Crippen molar-refractivity contribution in [2.75, 3.05) is 0 Å². The Kier molecular flexibility index (Phi) is 5.10. The molecule has 9 rings (SSSR count). The van der Waals surface area contributed by atoms with Gasteiger partial charge in [-0.15, -0.1) is 11.3 Å². The van der Waals surface area contributed by atoms with E-state index in [1.165, 1.54) is 69.6 Å². The third-order valence-electron chi connectivity index (χ3n) is 8.44. The van der Waals surface area contributed by atoms with Crippen LogP contribution in [0.25, 0.3) is 80.8 Å². The second kappa shape index (κ2) is 9.13. The Bertz CT molecular complexity index is 2460. The van der Waals surface area contributed by atoms with E-state index in [9.17, 15) is 0 Å². The van der Waals surface area contributed by atoms with E-state index in [2.05, 4.69) is 144 Å². The number of hydrogen-bond acceptors (Lipinski definition) is 2. The molecule has 0 amide bonds. The van der Waals surface area contributed by atoms with Crippen molar-refractivity contribution < 1.29 is 0 Å². The molecular formula is C39H24N2S. The van der Waals surface area contributed by atoms with Gasteiger partial charge in [0, 0.05) is 53.8 Å². The second-order valence-electron chi connectivity index (χ2n) is 10.8. The summed E-state index contributed by atoms with van der Waals surface area (Å²) in [5, 5.41) is 7.61. The van der Waals surface area contributed by atoms with Crippen LogP contribution in [-0.4, -0.2) is 9.55 Å². The molecule has 0 aliphatic heterocycles. The molecule has 196 valence electrons. The Morgan fingerprint density at radius 2 is 1.26 bits per heavy atom. The van der Waals surface area contributed by atoms with Gasteiger partial charge in [0.1, 0.15) is 0 Å². The SMILES string of the molecule is c1cc(-c2ccc(-c3nccc4ccccc34)cc2)cc(-n2c3ccccc3c3ccc4sc5ccccc5c4c32)c1. The summed E-state index contributed by atoms with van der Waals surface area (Å²) in [5.41, 5.74) is 8.20. The number of pyridine rings is 1. The van der Waals surface area contributed by atoms with Gasteiger partial charge >= 0.3 is 0 Å². The number of para-hydroxylation sites is 1. The van der Waals surface area contributed by atoms with Gasteiger partial charge in [0.25, 0.3) is 0 Å². The van der Waals surface area contributed by atoms with Gasteiger partial charge in [0.2, 0.25) is 0 Å². The summed E-state index contributed by atoms with van der Waals surface area (Å²) < 4.78 is 5.11. The maximum absolute atomic E-state index is 4.72. The summed E-state index contributed by atoms with van der Waals surface area (Å²) in [7, 11) is 0. The zero-order valence-corrected chi connectivity index (χ0v) is 23.5. The van der Waals surface area contributed by atoms with Crippen LogP contribution < -0.4 is 0 Å². The van der Waals surface area contributed by atoms with Crippen molar-refractivity contribution in [3.8, 4) is 28.1 Å². The van der Waals surface area contributed by atoms with E-state index in [0.717, 1.165) is 11.3 Å². The van der Waals surface area contributed by atoms with Crippen LogP contribution >= 0.6 is 11.3 Å². The van der Waals surface area contributed by atoms with E-state index in [0.29, 0.717) is 0 Å². The summed E-state index contributed by atoms with van der Waals surface area (Å²) in [6.45, 7) is 0. The largest absolute Gasteiger partial charge is 0.309 e. The Labute approximate surface area is 246 Å². The summed E-state index contributed by atoms with van der Waals surface area (Å²) in [5.74, 6) is 0. The van der Waals surface area contributed by atoms with Crippen LogP contribution in [0.5, 0.6) is 0 Å². The first-order chi connectivity index (χ1) is 20.8. The lowest BCUT2D eigenvalue weighted by molar-refractivity contribution is 1.19. The van der Waals surface area contributed by atoms with Gasteiger partial charge in [-0.05, 0) is 52.9 Å². The van der Waals surface area contributed by atoms with Crippen molar-refractivity contribution in [3.63, 3.8) is 0 Å². The minimum atomic E-state index is 1.02. The molecule has 0 spiro atoms. The first-order valence-corrected chi connectivity index (χ1v) is 15.0. The van der Waals surface area contributed by atoms with Crippen molar-refractivity contribution in [2.24, 2.45) is 0 Å². The lowest BCUT2D eigenvalue weighted by atomic mass is 10.00. The Balaban J connectivity index is 1.23. The number of nitrogens with zero attached hydrogens (tertiary/aromatic N) is 2. The molecule has 6 aromatic carbocycles. The van der Waals surface area contributed by atoms with E-state index >= 15 is 0 Å². The van der Waals surface area contributed by atoms with Gasteiger partial charge in [-0.3, -0.25) is 4.98 Å². The molecule has 0 radical (unpaired) electrons. The molecule has 0 atom stereocenters. The van der Waals surface area contributed by atoms with Crippen molar-refractivity contribution in [1.82, 2.24) is 9.55 Å². The average Bonchev–Trinajstić information content (AvgIpc) is 3.60. The van der Waals surface area contributed by atoms with Gasteiger partial charge in [-0.1, -0.05) is 103 Å². The molecular weight excluding hydrogens is 529 g/mol. The van der Waals surface area contributed by atoms with Crippen molar-refractivity contribution in [2.45, 2.75) is 0 Å². The highest BCUT2D eigenvalue weighted by molar-refractivity contribution is 7.26. The Morgan fingerprint density at radius 3 is 2.17 bits per heavy atom. The van der Waals surface area contributed by atoms with E-state index in [1.807, 2.05) is 17.5 Å². The lowest BCUT2D eigenvalue weighted by Crippen LogP contribution is -1.95. The standard InChI is InChI=1S/C39H24N2S/c1-2-11-30-26(8-1)22-23-40-38(30)27-18-16-25(17-19-27)28-9-7-10-29(24-28)41-34-14-5-3-12-31(34)32-20-21-36-37(39(32)41)33-13-4-6-15-35(33)42-36/h1-24H. The fourth-order valence-electron chi connectivity index (χ4n) is 6.53. The topological polar surface area (TPSA) is 17.8 Å². The molecule has 0 N–H and O–H groups in total. The summed E-state index contributed by atoms with van der Waals surface area (Å²) in [6.07, 6.45) is 1.90. The maximum atomic E-state index is 4.72. The van der Waals surface area contributed by atoms with Crippen molar-refractivity contribution in [1.29, 1.82) is 0 Å². The fraction of sp³-hybridized carbons (Fsp3) is 0. The van der Waals surface area contributed by atoms with Crippen LogP contribution in [0.3, 0.4) is 0 Å². The molecule has 2 nitrogen and oxygen atoms in total. The maximum Gasteiger partial charge on any atom is 0.0780 e. The summed E-state index contributed by atoms with van der Waals surface area (Å²) in [4.78, 5) is 4.72. The van der Waals surface area contributed by atoms with Crippen LogP contribution in [0.15, 0.2) is 146 Å². The molecule has 3 aromatic heterocycles. The highest BCUT2D eigenvalue weighted by Gasteiger charge is 2.18. The molecule has 9 aromatic rings. The quantitative estimate of drug-likeness (QED) is 0.213. The van der Waals surface area contributed by atoms with E-state index in [1.54, 1.807) is 0 Å². The van der Waals surface area contributed by atoms with Gasteiger partial charge in [-0.2, -0.15) is 0 Å². The van der Waals surface area contributed by atoms with Crippen LogP contribution in [0, 0.1) is 0 Å². The Hall–Kier alpha value is -5.25. The van der Waals surface area contributed by atoms with Gasteiger partial charge in [0.05, 0.1) is 16.7 Å². The van der Waals surface area contributed by atoms with Crippen LogP contribution in [-0.2, 0) is 0 Å². The number of fused-ring (bicyclic) bond motifs is 8. The number of rotatable bonds is 3. The average molecular weight is 553 g/mol. The first-order valence-electron chi connectivity index (χ1n) is 14.2. The predicted molar refractivity (Wildman–Crippen MR) is 180 cm³/mol. The molecule has 0 unspecified atom stereocenters. The predicted octanol–water partition coefficient (Wildman–Crippen LogP) is 11.0. The zero-order valence-electron chi connectivity index (χ0n) is 22.7. The minimum Gasteiger partial charge on any atom is -0.309 e. The Morgan fingerprint density at radius 1 is 0.500 bits per heavy atom. The third kappa shape index (κ3) is 3.47. The highest BCUT2D eigenvalue weighted by atomic mass is 32.1. The fourth-order valence-corrected chi connectivity index (χ4v) is 7.64. The lowest BCUT2D eigenvalue weighted by Gasteiger charge is -2.12. The third-order valence-corrected chi connectivity index (χ3v) is 9.58. The molecule has 0 saturated heterocycles. The van der Waals surface area contributed by atoms with E-state index < -0.39 is 0 Å². The van der Waals surface area contributed by atoms with Crippen LogP contribution in [0.1, 0.15) is 0 Å². The second-order valence-corrected chi connectivity index (χ2v) is 11.9. The summed E-state index contributed by atoms with van der Waals surface area (Å²) >= 11 is 1.87. The zero-order chi connectivity index (χ0) is 27.6. The normalized spacial score (nSPS) is 11.8. The molecule has 0 bridgehead atoms. The van der Waals surface area contributed by atoms with Gasteiger partial charge in [0.15, 0.2) is 0 Å². The monoisotopic (exact) mass is 552 g/mol. The van der Waals surface area contributed by atoms with Gasteiger partial charge in [-0.25, -0.2) is 0 Å². The van der Waals surface area contributed by atoms with Crippen LogP contribution in [0.4, 0.5) is 0 Å². The number of thiophene rings is 1. The molecule has 0 aliphatic rings.